The van der Waals surface area contributed by atoms with Crippen LogP contribution in [0.15, 0.2) is 50.5 Å². The number of halogens is 2. The van der Waals surface area contributed by atoms with E-state index < -0.39 is 10.0 Å². The fourth-order valence-electron chi connectivity index (χ4n) is 1.79. The first-order valence-electron chi connectivity index (χ1n) is 6.24. The zero-order valence-electron chi connectivity index (χ0n) is 11.3. The van der Waals surface area contributed by atoms with Crippen molar-refractivity contribution in [1.29, 1.82) is 0 Å². The van der Waals surface area contributed by atoms with Crippen molar-refractivity contribution < 1.29 is 8.42 Å². The van der Waals surface area contributed by atoms with E-state index in [0.29, 0.717) is 17.4 Å². The number of hydrogen-bond donors (Lipinski definition) is 1. The molecule has 0 unspecified atom stereocenters. The molecule has 1 aromatic carbocycles. The molecular weight excluding hydrogens is 420 g/mol. The molecule has 0 bridgehead atoms. The van der Waals surface area contributed by atoms with Crippen molar-refractivity contribution in [1.82, 2.24) is 9.71 Å². The minimum absolute atomic E-state index is 0.228. The quantitative estimate of drug-likeness (QED) is 0.785. The number of rotatable bonds is 5. The van der Waals surface area contributed by atoms with Crippen LogP contribution in [0.2, 0.25) is 0 Å². The third kappa shape index (κ3) is 4.35. The molecule has 0 aliphatic rings. The topological polar surface area (TPSA) is 59.1 Å². The molecule has 0 spiro atoms. The second-order valence-corrected chi connectivity index (χ2v) is 7.98. The number of sulfonamides is 1. The predicted octanol–water partition coefficient (Wildman–Crippen LogP) is 3.44. The Morgan fingerprint density at radius 1 is 1.24 bits per heavy atom. The summed E-state index contributed by atoms with van der Waals surface area (Å²) in [4.78, 5) is 4.23. The second-order valence-electron chi connectivity index (χ2n) is 4.54. The Hall–Kier alpha value is -0.760. The van der Waals surface area contributed by atoms with Gasteiger partial charge >= 0.3 is 0 Å². The number of aryl methyl sites for hydroxylation is 1. The van der Waals surface area contributed by atoms with E-state index in [2.05, 4.69) is 41.6 Å². The molecule has 7 heteroatoms. The van der Waals surface area contributed by atoms with E-state index in [0.717, 1.165) is 15.6 Å². The van der Waals surface area contributed by atoms with Crippen LogP contribution in [0.4, 0.5) is 0 Å². The fourth-order valence-corrected chi connectivity index (χ4v) is 4.49. The van der Waals surface area contributed by atoms with Gasteiger partial charge in [-0.25, -0.2) is 13.1 Å². The zero-order valence-corrected chi connectivity index (χ0v) is 15.3. The van der Waals surface area contributed by atoms with E-state index in [1.165, 1.54) is 0 Å². The standard InChI is InChI=1S/C14H14Br2N2O2S/c1-10-7-13(16)14(8-12(10)15)21(19,20)18-6-4-11-3-2-5-17-9-11/h2-3,5,7-9,18H,4,6H2,1H3. The van der Waals surface area contributed by atoms with Gasteiger partial charge < -0.3 is 0 Å². The first-order chi connectivity index (χ1) is 9.90. The lowest BCUT2D eigenvalue weighted by Crippen LogP contribution is -2.26. The number of pyridine rings is 1. The smallest absolute Gasteiger partial charge is 0.241 e. The Morgan fingerprint density at radius 3 is 2.67 bits per heavy atom. The third-order valence-electron chi connectivity index (χ3n) is 2.93. The number of benzene rings is 1. The largest absolute Gasteiger partial charge is 0.264 e. The average Bonchev–Trinajstić information content (AvgIpc) is 2.43. The van der Waals surface area contributed by atoms with Crippen molar-refractivity contribution in [2.75, 3.05) is 6.54 Å². The molecular formula is C14H14Br2N2O2S. The van der Waals surface area contributed by atoms with Crippen molar-refractivity contribution >= 4 is 41.9 Å². The lowest BCUT2D eigenvalue weighted by atomic mass is 10.2. The summed E-state index contributed by atoms with van der Waals surface area (Å²) in [7, 11) is -3.55. The Balaban J connectivity index is 2.10. The van der Waals surface area contributed by atoms with E-state index in [1.807, 2.05) is 19.1 Å². The molecule has 0 radical (unpaired) electrons. The minimum atomic E-state index is -3.55. The summed E-state index contributed by atoms with van der Waals surface area (Å²) in [5.74, 6) is 0. The highest BCUT2D eigenvalue weighted by molar-refractivity contribution is 9.11. The Morgan fingerprint density at radius 2 is 2.00 bits per heavy atom. The van der Waals surface area contributed by atoms with Gasteiger partial charge in [-0.05, 0) is 58.6 Å². The maximum atomic E-state index is 12.3. The van der Waals surface area contributed by atoms with Crippen LogP contribution < -0.4 is 4.72 Å². The minimum Gasteiger partial charge on any atom is -0.264 e. The summed E-state index contributed by atoms with van der Waals surface area (Å²) >= 11 is 6.66. The Kier molecular flexibility index (Phi) is 5.54. The fraction of sp³-hybridized carbons (Fsp3) is 0.214. The van der Waals surface area contributed by atoms with Crippen LogP contribution >= 0.6 is 31.9 Å². The average molecular weight is 434 g/mol. The summed E-state index contributed by atoms with van der Waals surface area (Å²) in [6.07, 6.45) is 4.01. The molecule has 2 aromatic rings. The second kappa shape index (κ2) is 7.00. The molecule has 0 saturated carbocycles. The van der Waals surface area contributed by atoms with Crippen LogP contribution in [0.1, 0.15) is 11.1 Å². The highest BCUT2D eigenvalue weighted by atomic mass is 79.9. The van der Waals surface area contributed by atoms with E-state index in [1.54, 1.807) is 24.5 Å². The maximum Gasteiger partial charge on any atom is 0.241 e. The molecule has 2 rings (SSSR count). The Labute approximate surface area is 141 Å². The van der Waals surface area contributed by atoms with Gasteiger partial charge in [-0.1, -0.05) is 22.0 Å². The summed E-state index contributed by atoms with van der Waals surface area (Å²) < 4.78 is 28.6. The summed E-state index contributed by atoms with van der Waals surface area (Å²) in [6, 6.07) is 7.13. The number of nitrogens with one attached hydrogen (secondary N) is 1. The molecule has 0 aliphatic heterocycles. The lowest BCUT2D eigenvalue weighted by Gasteiger charge is -2.10. The first kappa shape index (κ1) is 16.6. The summed E-state index contributed by atoms with van der Waals surface area (Å²) in [5.41, 5.74) is 1.96. The van der Waals surface area contributed by atoms with Gasteiger partial charge in [-0.15, -0.1) is 0 Å². The normalized spacial score (nSPS) is 11.6. The molecule has 1 aromatic heterocycles. The van der Waals surface area contributed by atoms with E-state index in [-0.39, 0.29) is 4.90 Å². The molecule has 1 N–H and O–H groups in total. The van der Waals surface area contributed by atoms with E-state index in [4.69, 9.17) is 0 Å². The first-order valence-corrected chi connectivity index (χ1v) is 9.31. The molecule has 0 fully saturated rings. The molecule has 0 atom stereocenters. The molecule has 0 aliphatic carbocycles. The lowest BCUT2D eigenvalue weighted by molar-refractivity contribution is 0.581. The van der Waals surface area contributed by atoms with Crippen LogP contribution in [0.3, 0.4) is 0 Å². The van der Waals surface area contributed by atoms with Gasteiger partial charge in [-0.2, -0.15) is 0 Å². The zero-order chi connectivity index (χ0) is 15.5. The van der Waals surface area contributed by atoms with Crippen LogP contribution in [0, 0.1) is 6.92 Å². The molecule has 0 saturated heterocycles. The molecule has 1 heterocycles. The third-order valence-corrected chi connectivity index (χ3v) is 6.21. The molecule has 21 heavy (non-hydrogen) atoms. The van der Waals surface area contributed by atoms with Crippen molar-refractivity contribution in [2.45, 2.75) is 18.2 Å². The van der Waals surface area contributed by atoms with E-state index in [9.17, 15) is 8.42 Å². The van der Waals surface area contributed by atoms with E-state index >= 15 is 0 Å². The van der Waals surface area contributed by atoms with Crippen LogP contribution in [-0.4, -0.2) is 19.9 Å². The van der Waals surface area contributed by atoms with Crippen molar-refractivity contribution in [2.24, 2.45) is 0 Å². The summed E-state index contributed by atoms with van der Waals surface area (Å²) in [6.45, 7) is 2.23. The molecule has 112 valence electrons. The molecule has 4 nitrogen and oxygen atoms in total. The van der Waals surface area contributed by atoms with Gasteiger partial charge in [0.05, 0.1) is 4.90 Å². The maximum absolute atomic E-state index is 12.3. The monoisotopic (exact) mass is 432 g/mol. The van der Waals surface area contributed by atoms with Crippen LogP contribution in [0.5, 0.6) is 0 Å². The van der Waals surface area contributed by atoms with Crippen LogP contribution in [0.25, 0.3) is 0 Å². The number of nitrogens with zero attached hydrogens (tertiary/aromatic N) is 1. The Bertz CT molecular complexity index is 734. The van der Waals surface area contributed by atoms with Gasteiger partial charge in [0, 0.05) is 27.9 Å². The number of aromatic nitrogens is 1. The number of hydrogen-bond acceptors (Lipinski definition) is 3. The van der Waals surface area contributed by atoms with Gasteiger partial charge in [0.2, 0.25) is 10.0 Å². The summed E-state index contributed by atoms with van der Waals surface area (Å²) in [5, 5.41) is 0. The highest BCUT2D eigenvalue weighted by Crippen LogP contribution is 2.28. The van der Waals surface area contributed by atoms with Gasteiger partial charge in [0.15, 0.2) is 0 Å². The van der Waals surface area contributed by atoms with Crippen molar-refractivity contribution in [3.8, 4) is 0 Å². The molecule has 0 amide bonds. The van der Waals surface area contributed by atoms with Gasteiger partial charge in [0.25, 0.3) is 0 Å². The SMILES string of the molecule is Cc1cc(Br)c(S(=O)(=O)NCCc2cccnc2)cc1Br. The predicted molar refractivity (Wildman–Crippen MR) is 89.7 cm³/mol. The van der Waals surface area contributed by atoms with Crippen molar-refractivity contribution in [3.63, 3.8) is 0 Å². The van der Waals surface area contributed by atoms with Crippen LogP contribution in [-0.2, 0) is 16.4 Å². The highest BCUT2D eigenvalue weighted by Gasteiger charge is 2.18. The van der Waals surface area contributed by atoms with Gasteiger partial charge in [0.1, 0.15) is 0 Å². The van der Waals surface area contributed by atoms with Crippen molar-refractivity contribution in [3.05, 3.63) is 56.7 Å². The van der Waals surface area contributed by atoms with Gasteiger partial charge in [-0.3, -0.25) is 4.98 Å².